The van der Waals surface area contributed by atoms with Crippen molar-refractivity contribution < 1.29 is 12.8 Å². The zero-order chi connectivity index (χ0) is 13.4. The first kappa shape index (κ1) is 15.6. The lowest BCUT2D eigenvalue weighted by Crippen LogP contribution is -2.24. The lowest BCUT2D eigenvalue weighted by atomic mass is 10.4. The van der Waals surface area contributed by atoms with E-state index in [1.807, 2.05) is 13.2 Å². The van der Waals surface area contributed by atoms with Gasteiger partial charge < -0.3 is 9.73 Å². The van der Waals surface area contributed by atoms with E-state index in [-0.39, 0.29) is 5.09 Å². The van der Waals surface area contributed by atoms with Crippen molar-refractivity contribution >= 4 is 21.8 Å². The molecule has 0 aliphatic carbocycles. The molecule has 7 heteroatoms. The first-order chi connectivity index (χ1) is 8.60. The predicted octanol–water partition coefficient (Wildman–Crippen LogP) is 1.42. The molecule has 2 N–H and O–H groups in total. The van der Waals surface area contributed by atoms with Crippen molar-refractivity contribution in [2.45, 2.75) is 25.0 Å². The molecule has 0 amide bonds. The Labute approximate surface area is 113 Å². The van der Waals surface area contributed by atoms with Crippen LogP contribution in [0.5, 0.6) is 0 Å². The minimum absolute atomic E-state index is 0.0143. The highest BCUT2D eigenvalue weighted by molar-refractivity contribution is 7.98. The van der Waals surface area contributed by atoms with E-state index < -0.39 is 10.0 Å². The summed E-state index contributed by atoms with van der Waals surface area (Å²) in [5, 5.41) is 3.06. The molecule has 0 bridgehead atoms. The first-order valence-electron chi connectivity index (χ1n) is 5.88. The molecule has 0 aromatic carbocycles. The average Bonchev–Trinajstić information content (AvgIpc) is 2.81. The molecule has 104 valence electrons. The number of sulfonamides is 1. The molecule has 0 saturated carbocycles. The van der Waals surface area contributed by atoms with Gasteiger partial charge in [0.15, 0.2) is 0 Å². The molecule has 0 unspecified atom stereocenters. The summed E-state index contributed by atoms with van der Waals surface area (Å²) in [6, 6.07) is 3.17. The Morgan fingerprint density at radius 1 is 1.39 bits per heavy atom. The lowest BCUT2D eigenvalue weighted by Gasteiger charge is -2.03. The van der Waals surface area contributed by atoms with Crippen LogP contribution in [0, 0.1) is 0 Å². The van der Waals surface area contributed by atoms with Crippen LogP contribution in [0.25, 0.3) is 0 Å². The van der Waals surface area contributed by atoms with Crippen LogP contribution in [0.4, 0.5) is 0 Å². The van der Waals surface area contributed by atoms with Crippen LogP contribution in [0.1, 0.15) is 19.1 Å². The van der Waals surface area contributed by atoms with Gasteiger partial charge in [-0.3, -0.25) is 0 Å². The summed E-state index contributed by atoms with van der Waals surface area (Å²) in [5.74, 6) is 1.56. The molecule has 0 radical (unpaired) electrons. The molecule has 1 aromatic heterocycles. The van der Waals surface area contributed by atoms with Crippen LogP contribution in [-0.4, -0.2) is 33.5 Å². The Balaban J connectivity index is 2.53. The summed E-state index contributed by atoms with van der Waals surface area (Å²) in [7, 11) is -3.50. The van der Waals surface area contributed by atoms with Crippen molar-refractivity contribution in [2.75, 3.05) is 25.1 Å². The van der Waals surface area contributed by atoms with Crippen molar-refractivity contribution in [3.8, 4) is 0 Å². The number of furan rings is 1. The number of nitrogens with one attached hydrogen (secondary N) is 2. The predicted molar refractivity (Wildman–Crippen MR) is 74.3 cm³/mol. The Kier molecular flexibility index (Phi) is 6.77. The summed E-state index contributed by atoms with van der Waals surface area (Å²) in [4.78, 5) is 0. The topological polar surface area (TPSA) is 71.3 Å². The maximum Gasteiger partial charge on any atom is 0.273 e. The minimum atomic E-state index is -3.50. The third kappa shape index (κ3) is 5.01. The number of rotatable bonds is 9. The van der Waals surface area contributed by atoms with Gasteiger partial charge in [0.1, 0.15) is 5.76 Å². The molecule has 0 atom stereocenters. The van der Waals surface area contributed by atoms with E-state index >= 15 is 0 Å². The van der Waals surface area contributed by atoms with Crippen LogP contribution in [0.3, 0.4) is 0 Å². The van der Waals surface area contributed by atoms with E-state index in [0.717, 1.165) is 18.7 Å². The maximum atomic E-state index is 11.9. The third-order valence-electron chi connectivity index (χ3n) is 2.27. The smallest absolute Gasteiger partial charge is 0.273 e. The van der Waals surface area contributed by atoms with E-state index in [2.05, 4.69) is 10.0 Å². The summed E-state index contributed by atoms with van der Waals surface area (Å²) in [5.41, 5.74) is 0. The summed E-state index contributed by atoms with van der Waals surface area (Å²) in [6.07, 6.45) is 2.80. The van der Waals surface area contributed by atoms with Crippen molar-refractivity contribution in [2.24, 2.45) is 0 Å². The highest BCUT2D eigenvalue weighted by Crippen LogP contribution is 2.13. The fourth-order valence-electron chi connectivity index (χ4n) is 1.34. The second-order valence-corrected chi connectivity index (χ2v) is 6.43. The van der Waals surface area contributed by atoms with Gasteiger partial charge in [-0.15, -0.1) is 0 Å². The minimum Gasteiger partial charge on any atom is -0.447 e. The zero-order valence-electron chi connectivity index (χ0n) is 10.7. The standard InChI is InChI=1S/C11H20N2O3S2/c1-3-12-9-10-5-6-11(16-10)18(14,15)13-7-4-8-17-2/h5-6,12-13H,3-4,7-9H2,1-2H3. The van der Waals surface area contributed by atoms with Crippen LogP contribution in [0.15, 0.2) is 21.6 Å². The molecule has 0 aliphatic rings. The highest BCUT2D eigenvalue weighted by atomic mass is 32.2. The highest BCUT2D eigenvalue weighted by Gasteiger charge is 2.17. The number of thioether (sulfide) groups is 1. The van der Waals surface area contributed by atoms with E-state index in [0.29, 0.717) is 18.8 Å². The van der Waals surface area contributed by atoms with Crippen molar-refractivity contribution in [1.82, 2.24) is 10.0 Å². The molecule has 1 aromatic rings. The molecule has 1 heterocycles. The molecular weight excluding hydrogens is 272 g/mol. The molecule has 0 aliphatic heterocycles. The van der Waals surface area contributed by atoms with Gasteiger partial charge in [-0.2, -0.15) is 11.8 Å². The van der Waals surface area contributed by atoms with E-state index in [9.17, 15) is 8.42 Å². The second-order valence-electron chi connectivity index (χ2n) is 3.75. The van der Waals surface area contributed by atoms with E-state index in [1.165, 1.54) is 6.07 Å². The van der Waals surface area contributed by atoms with E-state index in [4.69, 9.17) is 4.42 Å². The molecule has 0 saturated heterocycles. The van der Waals surface area contributed by atoms with Crippen LogP contribution in [-0.2, 0) is 16.6 Å². The van der Waals surface area contributed by atoms with Gasteiger partial charge in [-0.05, 0) is 37.1 Å². The van der Waals surface area contributed by atoms with Crippen LogP contribution < -0.4 is 10.0 Å². The van der Waals surface area contributed by atoms with Crippen molar-refractivity contribution in [3.05, 3.63) is 17.9 Å². The average molecular weight is 292 g/mol. The Morgan fingerprint density at radius 2 is 2.17 bits per heavy atom. The lowest BCUT2D eigenvalue weighted by molar-refractivity contribution is 0.401. The van der Waals surface area contributed by atoms with Gasteiger partial charge in [0.05, 0.1) is 6.54 Å². The summed E-state index contributed by atoms with van der Waals surface area (Å²) >= 11 is 1.69. The van der Waals surface area contributed by atoms with Crippen LogP contribution in [0.2, 0.25) is 0 Å². The fraction of sp³-hybridized carbons (Fsp3) is 0.636. The monoisotopic (exact) mass is 292 g/mol. The first-order valence-corrected chi connectivity index (χ1v) is 8.76. The summed E-state index contributed by atoms with van der Waals surface area (Å²) in [6.45, 7) is 3.77. The number of hydrogen-bond acceptors (Lipinski definition) is 5. The quantitative estimate of drug-likeness (QED) is 0.674. The van der Waals surface area contributed by atoms with Crippen LogP contribution >= 0.6 is 11.8 Å². The van der Waals surface area contributed by atoms with Crippen molar-refractivity contribution in [1.29, 1.82) is 0 Å². The summed E-state index contributed by atoms with van der Waals surface area (Å²) < 4.78 is 31.5. The Hall–Kier alpha value is -0.500. The van der Waals surface area contributed by atoms with Crippen molar-refractivity contribution in [3.63, 3.8) is 0 Å². The van der Waals surface area contributed by atoms with Gasteiger partial charge in [-0.25, -0.2) is 13.1 Å². The molecule has 5 nitrogen and oxygen atoms in total. The van der Waals surface area contributed by atoms with Gasteiger partial charge >= 0.3 is 0 Å². The fourth-order valence-corrected chi connectivity index (χ4v) is 2.79. The Morgan fingerprint density at radius 3 is 2.83 bits per heavy atom. The third-order valence-corrected chi connectivity index (χ3v) is 4.30. The molecule has 18 heavy (non-hydrogen) atoms. The van der Waals surface area contributed by atoms with Gasteiger partial charge in [0.25, 0.3) is 10.0 Å². The SMILES string of the molecule is CCNCc1ccc(S(=O)(=O)NCCCSC)o1. The number of hydrogen-bond donors (Lipinski definition) is 2. The van der Waals surface area contributed by atoms with Gasteiger partial charge in [0.2, 0.25) is 5.09 Å². The van der Waals surface area contributed by atoms with Gasteiger partial charge in [-0.1, -0.05) is 6.92 Å². The maximum absolute atomic E-state index is 11.9. The zero-order valence-corrected chi connectivity index (χ0v) is 12.4. The van der Waals surface area contributed by atoms with Gasteiger partial charge in [0, 0.05) is 6.54 Å². The Bertz CT molecular complexity index is 443. The van der Waals surface area contributed by atoms with E-state index in [1.54, 1.807) is 17.8 Å². The molecule has 0 spiro atoms. The molecular formula is C11H20N2O3S2. The normalized spacial score (nSPS) is 11.9. The molecule has 1 rings (SSSR count). The second kappa shape index (κ2) is 7.83. The molecule has 0 fully saturated rings. The largest absolute Gasteiger partial charge is 0.447 e.